The van der Waals surface area contributed by atoms with Gasteiger partial charge in [0, 0.05) is 12.8 Å². The van der Waals surface area contributed by atoms with Crippen LogP contribution in [0.2, 0.25) is 0 Å². The molecular formula is C42H73O11P. The molecule has 0 heterocycles. The second-order valence-electron chi connectivity index (χ2n) is 14.0. The summed E-state index contributed by atoms with van der Waals surface area (Å²) in [5.74, 6) is -0.256. The highest BCUT2D eigenvalue weighted by Crippen LogP contribution is 2.43. The SMILES string of the molecule is CC/C=C\C/C=C\CC(O)/C=C/C=C\C/C=C\CCCC(=O)O[C@H](COC(=O)CCCCCCCCCCCCC(C)C)COP(=O)(O)OC[C@@H](O)CO. The van der Waals surface area contributed by atoms with E-state index in [-0.39, 0.29) is 19.4 Å². The van der Waals surface area contributed by atoms with Crippen LogP contribution < -0.4 is 0 Å². The van der Waals surface area contributed by atoms with E-state index in [9.17, 15) is 29.3 Å². The predicted molar refractivity (Wildman–Crippen MR) is 216 cm³/mol. The Morgan fingerprint density at radius 1 is 0.685 bits per heavy atom. The van der Waals surface area contributed by atoms with Crippen molar-refractivity contribution < 1.29 is 52.9 Å². The molecule has 0 aliphatic rings. The van der Waals surface area contributed by atoms with Crippen molar-refractivity contribution >= 4 is 19.8 Å². The quantitative estimate of drug-likeness (QED) is 0.0157. The summed E-state index contributed by atoms with van der Waals surface area (Å²) in [7, 11) is -4.65. The molecule has 0 rings (SSSR count). The van der Waals surface area contributed by atoms with Gasteiger partial charge >= 0.3 is 19.8 Å². The zero-order valence-corrected chi connectivity index (χ0v) is 34.3. The van der Waals surface area contributed by atoms with Gasteiger partial charge in [0.05, 0.1) is 25.9 Å². The second kappa shape index (κ2) is 36.3. The minimum atomic E-state index is -4.65. The molecule has 0 radical (unpaired) electrons. The van der Waals surface area contributed by atoms with Gasteiger partial charge in [-0.15, -0.1) is 0 Å². The van der Waals surface area contributed by atoms with Crippen molar-refractivity contribution in [2.45, 2.75) is 161 Å². The molecule has 0 amide bonds. The maximum absolute atomic E-state index is 12.6. The molecule has 4 atom stereocenters. The van der Waals surface area contributed by atoms with E-state index in [1.54, 1.807) is 6.08 Å². The minimum Gasteiger partial charge on any atom is -0.462 e. The molecule has 312 valence electrons. The van der Waals surface area contributed by atoms with Crippen molar-refractivity contribution in [3.8, 4) is 0 Å². The molecule has 0 aliphatic heterocycles. The maximum Gasteiger partial charge on any atom is 0.472 e. The number of allylic oxidation sites excluding steroid dienone is 8. The normalized spacial score (nSPS) is 15.3. The van der Waals surface area contributed by atoms with Crippen molar-refractivity contribution in [1.82, 2.24) is 0 Å². The van der Waals surface area contributed by atoms with Crippen molar-refractivity contribution in [1.29, 1.82) is 0 Å². The molecule has 0 aromatic rings. The van der Waals surface area contributed by atoms with E-state index < -0.39 is 57.9 Å². The summed E-state index contributed by atoms with van der Waals surface area (Å²) < 4.78 is 32.5. The smallest absolute Gasteiger partial charge is 0.462 e. The third-order valence-corrected chi connectivity index (χ3v) is 9.15. The number of phosphoric ester groups is 1. The molecule has 12 heteroatoms. The Balaban J connectivity index is 4.52. The summed E-state index contributed by atoms with van der Waals surface area (Å²) in [6, 6.07) is 0. The second-order valence-corrected chi connectivity index (χ2v) is 15.4. The van der Waals surface area contributed by atoms with Crippen LogP contribution in [0.25, 0.3) is 0 Å². The first-order valence-electron chi connectivity index (χ1n) is 20.2. The van der Waals surface area contributed by atoms with E-state index in [1.165, 1.54) is 44.9 Å². The molecule has 0 fully saturated rings. The molecule has 54 heavy (non-hydrogen) atoms. The summed E-state index contributed by atoms with van der Waals surface area (Å²) in [4.78, 5) is 34.9. The van der Waals surface area contributed by atoms with Crippen molar-refractivity contribution in [2.75, 3.05) is 26.4 Å². The van der Waals surface area contributed by atoms with Gasteiger partial charge in [-0.25, -0.2) is 4.57 Å². The Bertz CT molecular complexity index is 1120. The third kappa shape index (κ3) is 36.6. The molecule has 0 saturated heterocycles. The average molecular weight is 785 g/mol. The van der Waals surface area contributed by atoms with Crippen LogP contribution in [0.4, 0.5) is 0 Å². The topological polar surface area (TPSA) is 169 Å². The van der Waals surface area contributed by atoms with Crippen LogP contribution in [0.5, 0.6) is 0 Å². The van der Waals surface area contributed by atoms with Gasteiger partial charge in [-0.2, -0.15) is 0 Å². The lowest BCUT2D eigenvalue weighted by atomic mass is 10.0. The van der Waals surface area contributed by atoms with E-state index in [2.05, 4.69) is 37.4 Å². The van der Waals surface area contributed by atoms with Crippen molar-refractivity contribution in [2.24, 2.45) is 5.92 Å². The Morgan fingerprint density at radius 3 is 1.94 bits per heavy atom. The maximum atomic E-state index is 12.6. The minimum absolute atomic E-state index is 0.0721. The summed E-state index contributed by atoms with van der Waals surface area (Å²) in [6.45, 7) is 4.38. The van der Waals surface area contributed by atoms with E-state index >= 15 is 0 Å². The van der Waals surface area contributed by atoms with Crippen LogP contribution in [0.3, 0.4) is 0 Å². The highest BCUT2D eigenvalue weighted by molar-refractivity contribution is 7.47. The third-order valence-electron chi connectivity index (χ3n) is 8.19. The number of esters is 2. The van der Waals surface area contributed by atoms with Gasteiger partial charge in [0.25, 0.3) is 0 Å². The monoisotopic (exact) mass is 784 g/mol. The fraction of sp³-hybridized carbons (Fsp3) is 0.714. The fourth-order valence-corrected chi connectivity index (χ4v) is 5.85. The van der Waals surface area contributed by atoms with Crippen molar-refractivity contribution in [3.05, 3.63) is 60.8 Å². The first-order chi connectivity index (χ1) is 26.0. The molecule has 4 N–H and O–H groups in total. The molecule has 11 nitrogen and oxygen atoms in total. The summed E-state index contributed by atoms with van der Waals surface area (Å²) >= 11 is 0. The van der Waals surface area contributed by atoms with Gasteiger partial charge in [0.1, 0.15) is 12.7 Å². The van der Waals surface area contributed by atoms with E-state index in [1.807, 2.05) is 42.5 Å². The van der Waals surface area contributed by atoms with Crippen LogP contribution in [0.1, 0.15) is 143 Å². The van der Waals surface area contributed by atoms with Gasteiger partial charge in [-0.1, -0.05) is 146 Å². The van der Waals surface area contributed by atoms with Gasteiger partial charge in [0.2, 0.25) is 0 Å². The average Bonchev–Trinajstić information content (AvgIpc) is 3.14. The fourth-order valence-electron chi connectivity index (χ4n) is 5.06. The molecule has 0 aromatic carbocycles. The van der Waals surface area contributed by atoms with Crippen molar-refractivity contribution in [3.63, 3.8) is 0 Å². The van der Waals surface area contributed by atoms with Gasteiger partial charge in [0.15, 0.2) is 6.10 Å². The lowest BCUT2D eigenvalue weighted by Gasteiger charge is -2.20. The summed E-state index contributed by atoms with van der Waals surface area (Å²) in [5, 5.41) is 28.3. The molecule has 0 aromatic heterocycles. The lowest BCUT2D eigenvalue weighted by molar-refractivity contribution is -0.161. The number of carbonyl (C=O) groups excluding carboxylic acids is 2. The standard InChI is InChI=1S/C42H73O11P/c1-4-5-6-7-19-24-29-38(44)30-25-20-15-12-13-17-22-27-32-42(47)53-40(36-52-54(48,49)51-34-39(45)33-43)35-50-41(46)31-26-21-16-11-9-8-10-14-18-23-28-37(2)3/h5-6,13,15,17,19-20,24-25,30,37-40,43-45H,4,7-12,14,16,18,21-23,26-29,31-36H2,1-3H3,(H,48,49)/b6-5-,17-13-,20-15-,24-19-,30-25+/t38?,39-,40+/m0/s1. The van der Waals surface area contributed by atoms with E-state index in [0.29, 0.717) is 32.1 Å². The summed E-state index contributed by atoms with van der Waals surface area (Å²) in [6.07, 6.45) is 33.8. The molecule has 0 aliphatic carbocycles. The van der Waals surface area contributed by atoms with Crippen LogP contribution in [-0.2, 0) is 32.7 Å². The zero-order chi connectivity index (χ0) is 40.1. The number of carbonyl (C=O) groups is 2. The Morgan fingerprint density at radius 2 is 1.28 bits per heavy atom. The number of ether oxygens (including phenoxy) is 2. The number of rotatable bonds is 36. The molecule has 0 saturated carbocycles. The van der Waals surface area contributed by atoms with Crippen LogP contribution in [0.15, 0.2) is 60.8 Å². The molecule has 0 spiro atoms. The first kappa shape index (κ1) is 51.6. The largest absolute Gasteiger partial charge is 0.472 e. The van der Waals surface area contributed by atoms with E-state index in [0.717, 1.165) is 38.0 Å². The van der Waals surface area contributed by atoms with Gasteiger partial charge in [-0.05, 0) is 50.9 Å². The molecule has 0 bridgehead atoms. The number of hydrogen-bond donors (Lipinski definition) is 4. The Kier molecular flexibility index (Phi) is 34.7. The number of hydrogen-bond acceptors (Lipinski definition) is 10. The number of aliphatic hydroxyl groups excluding tert-OH is 3. The Hall–Kier alpha value is -2.37. The number of aliphatic hydroxyl groups is 3. The first-order valence-corrected chi connectivity index (χ1v) is 21.7. The van der Waals surface area contributed by atoms with Crippen LogP contribution >= 0.6 is 7.82 Å². The van der Waals surface area contributed by atoms with Gasteiger partial charge < -0.3 is 29.7 Å². The lowest BCUT2D eigenvalue weighted by Crippen LogP contribution is -2.29. The highest BCUT2D eigenvalue weighted by atomic mass is 31.2. The highest BCUT2D eigenvalue weighted by Gasteiger charge is 2.27. The van der Waals surface area contributed by atoms with Crippen LogP contribution in [0, 0.1) is 5.92 Å². The van der Waals surface area contributed by atoms with Gasteiger partial charge in [-0.3, -0.25) is 18.6 Å². The molecular weight excluding hydrogens is 711 g/mol. The number of unbranched alkanes of at least 4 members (excludes halogenated alkanes) is 10. The molecule has 2 unspecified atom stereocenters. The number of phosphoric acid groups is 1. The predicted octanol–water partition coefficient (Wildman–Crippen LogP) is 9.16. The zero-order valence-electron chi connectivity index (χ0n) is 33.4. The van der Waals surface area contributed by atoms with E-state index in [4.69, 9.17) is 19.1 Å². The summed E-state index contributed by atoms with van der Waals surface area (Å²) in [5.41, 5.74) is 0. The Labute approximate surface area is 326 Å². The van der Waals surface area contributed by atoms with Crippen LogP contribution in [-0.4, -0.2) is 76.9 Å².